The molecule has 0 bridgehead atoms. The van der Waals surface area contributed by atoms with Gasteiger partial charge in [0.15, 0.2) is 12.4 Å². The van der Waals surface area contributed by atoms with Gasteiger partial charge >= 0.3 is 0 Å². The van der Waals surface area contributed by atoms with Crippen LogP contribution in [0.5, 0.6) is 5.75 Å². The van der Waals surface area contributed by atoms with Crippen LogP contribution in [0.1, 0.15) is 18.9 Å². The number of amides is 1. The average Bonchev–Trinajstić information content (AvgIpc) is 3.15. The van der Waals surface area contributed by atoms with E-state index in [0.717, 1.165) is 50.5 Å². The van der Waals surface area contributed by atoms with Crippen LogP contribution >= 0.6 is 0 Å². The SMILES string of the molecule is Cc1ccccc1OC(C)C(=O)N1CCN(CCC2OCCO2)CC1. The zero-order chi connectivity index (χ0) is 17.6. The molecule has 138 valence electrons. The number of rotatable bonds is 6. The van der Waals surface area contributed by atoms with E-state index in [1.807, 2.05) is 43.0 Å². The summed E-state index contributed by atoms with van der Waals surface area (Å²) in [4.78, 5) is 16.9. The molecule has 0 N–H and O–H groups in total. The Bertz CT molecular complexity index is 566. The number of piperazine rings is 1. The molecule has 3 rings (SSSR count). The van der Waals surface area contributed by atoms with Crippen LogP contribution in [0.2, 0.25) is 0 Å². The molecular weight excluding hydrogens is 320 g/mol. The smallest absolute Gasteiger partial charge is 0.263 e. The second kappa shape index (κ2) is 8.65. The number of carbonyl (C=O) groups is 1. The van der Waals surface area contributed by atoms with Crippen molar-refractivity contribution in [1.82, 2.24) is 9.80 Å². The summed E-state index contributed by atoms with van der Waals surface area (Å²) in [6, 6.07) is 7.79. The van der Waals surface area contributed by atoms with Crippen molar-refractivity contribution >= 4 is 5.91 Å². The predicted octanol–water partition coefficient (Wildman–Crippen LogP) is 1.67. The molecule has 0 spiro atoms. The Morgan fingerprint density at radius 1 is 1.20 bits per heavy atom. The van der Waals surface area contributed by atoms with E-state index in [1.54, 1.807) is 0 Å². The highest BCUT2D eigenvalue weighted by atomic mass is 16.7. The summed E-state index contributed by atoms with van der Waals surface area (Å²) < 4.78 is 16.8. The Hall–Kier alpha value is -1.63. The van der Waals surface area contributed by atoms with E-state index < -0.39 is 6.10 Å². The predicted molar refractivity (Wildman–Crippen MR) is 94.6 cm³/mol. The van der Waals surface area contributed by atoms with Crippen molar-refractivity contribution in [2.75, 3.05) is 45.9 Å². The molecule has 1 atom stereocenters. The fraction of sp³-hybridized carbons (Fsp3) is 0.632. The topological polar surface area (TPSA) is 51.2 Å². The van der Waals surface area contributed by atoms with Crippen LogP contribution in [0, 0.1) is 6.92 Å². The van der Waals surface area contributed by atoms with Crippen LogP contribution in [0.15, 0.2) is 24.3 Å². The van der Waals surface area contributed by atoms with Gasteiger partial charge in [0.1, 0.15) is 5.75 Å². The van der Waals surface area contributed by atoms with Gasteiger partial charge in [0.25, 0.3) is 5.91 Å². The van der Waals surface area contributed by atoms with E-state index in [0.29, 0.717) is 13.2 Å². The fourth-order valence-corrected chi connectivity index (χ4v) is 3.24. The highest BCUT2D eigenvalue weighted by Gasteiger charge is 2.27. The number of nitrogens with zero attached hydrogens (tertiary/aromatic N) is 2. The Kier molecular flexibility index (Phi) is 6.29. The third-order valence-corrected chi connectivity index (χ3v) is 4.80. The summed E-state index contributed by atoms with van der Waals surface area (Å²) in [5.74, 6) is 0.837. The van der Waals surface area contributed by atoms with E-state index in [9.17, 15) is 4.79 Å². The third-order valence-electron chi connectivity index (χ3n) is 4.80. The fourth-order valence-electron chi connectivity index (χ4n) is 3.24. The van der Waals surface area contributed by atoms with Crippen molar-refractivity contribution in [1.29, 1.82) is 0 Å². The lowest BCUT2D eigenvalue weighted by Crippen LogP contribution is -2.52. The van der Waals surface area contributed by atoms with Crippen LogP contribution in [0.3, 0.4) is 0 Å². The number of carbonyl (C=O) groups excluding carboxylic acids is 1. The molecular formula is C19H28N2O4. The number of para-hydroxylation sites is 1. The summed E-state index contributed by atoms with van der Waals surface area (Å²) in [7, 11) is 0. The van der Waals surface area contributed by atoms with Gasteiger partial charge < -0.3 is 19.1 Å². The van der Waals surface area contributed by atoms with Gasteiger partial charge in [-0.15, -0.1) is 0 Å². The lowest BCUT2D eigenvalue weighted by atomic mass is 10.2. The molecule has 2 heterocycles. The molecule has 1 aromatic rings. The number of hydrogen-bond donors (Lipinski definition) is 0. The Morgan fingerprint density at radius 2 is 1.88 bits per heavy atom. The van der Waals surface area contributed by atoms with Crippen LogP contribution in [0.25, 0.3) is 0 Å². The maximum Gasteiger partial charge on any atom is 0.263 e. The minimum absolute atomic E-state index is 0.0535. The molecule has 25 heavy (non-hydrogen) atoms. The molecule has 2 aliphatic rings. The first kappa shape index (κ1) is 18.2. The van der Waals surface area contributed by atoms with Crippen molar-refractivity contribution < 1.29 is 19.0 Å². The normalized spacial score (nSPS) is 20.6. The largest absolute Gasteiger partial charge is 0.481 e. The maximum atomic E-state index is 12.6. The van der Waals surface area contributed by atoms with Gasteiger partial charge in [-0.2, -0.15) is 0 Å². The Morgan fingerprint density at radius 3 is 2.56 bits per heavy atom. The second-order valence-electron chi connectivity index (χ2n) is 6.65. The van der Waals surface area contributed by atoms with Gasteiger partial charge in [-0.25, -0.2) is 0 Å². The first-order chi connectivity index (χ1) is 12.1. The lowest BCUT2D eigenvalue weighted by Gasteiger charge is -2.36. The maximum absolute atomic E-state index is 12.6. The van der Waals surface area contributed by atoms with Crippen LogP contribution in [-0.4, -0.2) is 74.0 Å². The quantitative estimate of drug-likeness (QED) is 0.783. The zero-order valence-corrected chi connectivity index (χ0v) is 15.1. The monoisotopic (exact) mass is 348 g/mol. The first-order valence-electron chi connectivity index (χ1n) is 9.10. The van der Waals surface area contributed by atoms with Gasteiger partial charge in [0.2, 0.25) is 0 Å². The average molecular weight is 348 g/mol. The summed E-state index contributed by atoms with van der Waals surface area (Å²) in [6.07, 6.45) is 0.371. The zero-order valence-electron chi connectivity index (χ0n) is 15.1. The molecule has 1 unspecified atom stereocenters. The molecule has 0 radical (unpaired) electrons. The second-order valence-corrected chi connectivity index (χ2v) is 6.65. The first-order valence-corrected chi connectivity index (χ1v) is 9.10. The molecule has 1 amide bonds. The highest BCUT2D eigenvalue weighted by Crippen LogP contribution is 2.19. The molecule has 1 aromatic carbocycles. The summed E-state index contributed by atoms with van der Waals surface area (Å²) >= 11 is 0. The lowest BCUT2D eigenvalue weighted by molar-refractivity contribution is -0.139. The van der Waals surface area contributed by atoms with Crippen LogP contribution < -0.4 is 4.74 Å². The third kappa shape index (κ3) is 4.93. The molecule has 0 aliphatic carbocycles. The molecule has 2 fully saturated rings. The van der Waals surface area contributed by atoms with Gasteiger partial charge in [-0.05, 0) is 25.5 Å². The standard InChI is InChI=1S/C19H28N2O4/c1-15-5-3-4-6-17(15)25-16(2)19(22)21-11-9-20(10-12-21)8-7-18-23-13-14-24-18/h3-6,16,18H,7-14H2,1-2H3. The van der Waals surface area contributed by atoms with Gasteiger partial charge in [-0.3, -0.25) is 9.69 Å². The van der Waals surface area contributed by atoms with Crippen molar-refractivity contribution in [3.05, 3.63) is 29.8 Å². The number of aryl methyl sites for hydroxylation is 1. The molecule has 6 heteroatoms. The van der Waals surface area contributed by atoms with E-state index in [1.165, 1.54) is 0 Å². The summed E-state index contributed by atoms with van der Waals surface area (Å²) in [5.41, 5.74) is 1.04. The minimum atomic E-state index is -0.465. The minimum Gasteiger partial charge on any atom is -0.481 e. The van der Waals surface area contributed by atoms with E-state index >= 15 is 0 Å². The van der Waals surface area contributed by atoms with Crippen molar-refractivity contribution in [2.24, 2.45) is 0 Å². The summed E-state index contributed by atoms with van der Waals surface area (Å²) in [6.45, 7) is 9.42. The van der Waals surface area contributed by atoms with E-state index in [-0.39, 0.29) is 12.2 Å². The molecule has 0 saturated carbocycles. The van der Waals surface area contributed by atoms with Crippen molar-refractivity contribution in [2.45, 2.75) is 32.7 Å². The van der Waals surface area contributed by atoms with Crippen molar-refractivity contribution in [3.63, 3.8) is 0 Å². The Balaban J connectivity index is 1.42. The number of ether oxygens (including phenoxy) is 3. The Labute approximate surface area is 149 Å². The van der Waals surface area contributed by atoms with Gasteiger partial charge in [-0.1, -0.05) is 18.2 Å². The molecule has 0 aromatic heterocycles. The van der Waals surface area contributed by atoms with Gasteiger partial charge in [0, 0.05) is 39.1 Å². The van der Waals surface area contributed by atoms with E-state index in [4.69, 9.17) is 14.2 Å². The number of benzene rings is 1. The molecule has 2 saturated heterocycles. The van der Waals surface area contributed by atoms with Crippen LogP contribution in [-0.2, 0) is 14.3 Å². The highest BCUT2D eigenvalue weighted by molar-refractivity contribution is 5.81. The number of hydrogen-bond acceptors (Lipinski definition) is 5. The molecule has 2 aliphatic heterocycles. The van der Waals surface area contributed by atoms with Gasteiger partial charge in [0.05, 0.1) is 13.2 Å². The van der Waals surface area contributed by atoms with Crippen LogP contribution in [0.4, 0.5) is 0 Å². The molecule has 6 nitrogen and oxygen atoms in total. The van der Waals surface area contributed by atoms with E-state index in [2.05, 4.69) is 4.90 Å². The summed E-state index contributed by atoms with van der Waals surface area (Å²) in [5, 5.41) is 0. The van der Waals surface area contributed by atoms with Crippen molar-refractivity contribution in [3.8, 4) is 5.75 Å².